The highest BCUT2D eigenvalue weighted by Gasteiger charge is 2.27. The van der Waals surface area contributed by atoms with Gasteiger partial charge in [0.05, 0.1) is 17.9 Å². The lowest BCUT2D eigenvalue weighted by molar-refractivity contribution is 0.265. The number of hydrogen-bond acceptors (Lipinski definition) is 3. The van der Waals surface area contributed by atoms with Crippen LogP contribution in [-0.4, -0.2) is 21.5 Å². The van der Waals surface area contributed by atoms with Crippen molar-refractivity contribution in [3.8, 4) is 0 Å². The Labute approximate surface area is 85.7 Å². The Hall–Kier alpha value is -0.900. The Balaban J connectivity index is 2.95. The van der Waals surface area contributed by atoms with Gasteiger partial charge in [-0.15, -0.1) is 5.10 Å². The van der Waals surface area contributed by atoms with Gasteiger partial charge in [-0.05, 0) is 12.0 Å². The summed E-state index contributed by atoms with van der Waals surface area (Å²) in [4.78, 5) is 0. The van der Waals surface area contributed by atoms with Crippen LogP contribution >= 0.6 is 0 Å². The molecule has 80 valence electrons. The Morgan fingerprint density at radius 3 is 2.50 bits per heavy atom. The van der Waals surface area contributed by atoms with E-state index in [1.165, 1.54) is 0 Å². The minimum absolute atomic E-state index is 0.172. The first-order chi connectivity index (χ1) is 6.46. The molecule has 0 saturated heterocycles. The summed E-state index contributed by atoms with van der Waals surface area (Å²) in [5.74, 6) is 0. The molecule has 0 spiro atoms. The van der Waals surface area contributed by atoms with Crippen molar-refractivity contribution in [2.75, 3.05) is 6.54 Å². The first-order valence-corrected chi connectivity index (χ1v) is 5.04. The maximum absolute atomic E-state index is 3.96. The van der Waals surface area contributed by atoms with E-state index in [0.717, 1.165) is 12.2 Å². The first-order valence-electron chi connectivity index (χ1n) is 5.04. The second-order valence-corrected chi connectivity index (χ2v) is 4.64. The fraction of sp³-hybridized carbons (Fsp3) is 0.800. The first kappa shape index (κ1) is 11.2. The quantitative estimate of drug-likeness (QED) is 0.797. The lowest BCUT2D eigenvalue weighted by atomic mass is 9.85. The molecule has 14 heavy (non-hydrogen) atoms. The third kappa shape index (κ3) is 2.32. The highest BCUT2D eigenvalue weighted by atomic mass is 15.4. The molecule has 0 bridgehead atoms. The van der Waals surface area contributed by atoms with Crippen molar-refractivity contribution in [3.63, 3.8) is 0 Å². The van der Waals surface area contributed by atoms with Crippen molar-refractivity contribution >= 4 is 0 Å². The summed E-state index contributed by atoms with van der Waals surface area (Å²) in [6, 6.07) is 0.299. The highest BCUT2D eigenvalue weighted by molar-refractivity contribution is 5.05. The van der Waals surface area contributed by atoms with Crippen LogP contribution in [0.3, 0.4) is 0 Å². The molecule has 0 radical (unpaired) electrons. The molecule has 0 aliphatic rings. The van der Waals surface area contributed by atoms with Gasteiger partial charge in [0.2, 0.25) is 0 Å². The van der Waals surface area contributed by atoms with Crippen molar-refractivity contribution in [2.45, 2.75) is 33.7 Å². The van der Waals surface area contributed by atoms with Crippen LogP contribution in [-0.2, 0) is 7.05 Å². The molecule has 0 aromatic carbocycles. The second kappa shape index (κ2) is 4.09. The molecule has 0 aliphatic heterocycles. The predicted octanol–water partition coefficient (Wildman–Crippen LogP) is 1.51. The molecule has 1 unspecified atom stereocenters. The van der Waals surface area contributed by atoms with Crippen LogP contribution in [0.5, 0.6) is 0 Å². The number of rotatable bonds is 3. The Morgan fingerprint density at radius 2 is 2.14 bits per heavy atom. The summed E-state index contributed by atoms with van der Waals surface area (Å²) < 4.78 is 1.83. The molecule has 1 aromatic heterocycles. The molecule has 0 aliphatic carbocycles. The molecule has 1 N–H and O–H groups in total. The highest BCUT2D eigenvalue weighted by Crippen LogP contribution is 2.31. The van der Waals surface area contributed by atoms with E-state index in [-0.39, 0.29) is 5.41 Å². The summed E-state index contributed by atoms with van der Waals surface area (Å²) >= 11 is 0. The minimum Gasteiger partial charge on any atom is -0.308 e. The number of nitrogens with one attached hydrogen (secondary N) is 1. The second-order valence-electron chi connectivity index (χ2n) is 4.64. The number of nitrogens with zero attached hydrogens (tertiary/aromatic N) is 3. The molecule has 0 saturated carbocycles. The fourth-order valence-electron chi connectivity index (χ4n) is 1.62. The van der Waals surface area contributed by atoms with Crippen LogP contribution in [0.2, 0.25) is 0 Å². The van der Waals surface area contributed by atoms with Crippen molar-refractivity contribution in [1.29, 1.82) is 0 Å². The maximum Gasteiger partial charge on any atom is 0.0758 e. The van der Waals surface area contributed by atoms with Gasteiger partial charge in [0.15, 0.2) is 0 Å². The summed E-state index contributed by atoms with van der Waals surface area (Å²) in [6.45, 7) is 9.71. The largest absolute Gasteiger partial charge is 0.308 e. The fourth-order valence-corrected chi connectivity index (χ4v) is 1.62. The third-order valence-electron chi connectivity index (χ3n) is 2.32. The topological polar surface area (TPSA) is 42.7 Å². The predicted molar refractivity (Wildman–Crippen MR) is 56.9 cm³/mol. The van der Waals surface area contributed by atoms with E-state index in [9.17, 15) is 0 Å². The summed E-state index contributed by atoms with van der Waals surface area (Å²) in [6.07, 6.45) is 1.83. The van der Waals surface area contributed by atoms with E-state index in [2.05, 4.69) is 43.3 Å². The van der Waals surface area contributed by atoms with Gasteiger partial charge in [-0.2, -0.15) is 0 Å². The average Bonchev–Trinajstić information content (AvgIpc) is 2.45. The van der Waals surface area contributed by atoms with Gasteiger partial charge in [0, 0.05) is 7.05 Å². The lowest BCUT2D eigenvalue weighted by Gasteiger charge is -2.30. The van der Waals surface area contributed by atoms with E-state index in [1.54, 1.807) is 0 Å². The van der Waals surface area contributed by atoms with Crippen LogP contribution in [0.25, 0.3) is 0 Å². The number of hydrogen-bond donors (Lipinski definition) is 1. The molecule has 4 nitrogen and oxygen atoms in total. The van der Waals surface area contributed by atoms with Crippen LogP contribution in [0.1, 0.15) is 39.4 Å². The lowest BCUT2D eigenvalue weighted by Crippen LogP contribution is -2.33. The van der Waals surface area contributed by atoms with Gasteiger partial charge < -0.3 is 5.32 Å². The third-order valence-corrected chi connectivity index (χ3v) is 2.32. The molecular weight excluding hydrogens is 176 g/mol. The molecule has 1 heterocycles. The Morgan fingerprint density at radius 1 is 1.50 bits per heavy atom. The van der Waals surface area contributed by atoms with Gasteiger partial charge in [-0.25, -0.2) is 0 Å². The van der Waals surface area contributed by atoms with Gasteiger partial charge in [-0.3, -0.25) is 4.68 Å². The molecular formula is C10H20N4. The monoisotopic (exact) mass is 196 g/mol. The zero-order chi connectivity index (χ0) is 10.8. The average molecular weight is 196 g/mol. The Bertz CT molecular complexity index is 285. The van der Waals surface area contributed by atoms with E-state index in [4.69, 9.17) is 0 Å². The minimum atomic E-state index is 0.172. The zero-order valence-electron chi connectivity index (χ0n) is 9.70. The molecule has 0 amide bonds. The summed E-state index contributed by atoms with van der Waals surface area (Å²) in [5.41, 5.74) is 1.31. The van der Waals surface area contributed by atoms with Crippen LogP contribution in [0, 0.1) is 5.41 Å². The maximum atomic E-state index is 3.96. The van der Waals surface area contributed by atoms with Gasteiger partial charge in [-0.1, -0.05) is 32.9 Å². The zero-order valence-corrected chi connectivity index (χ0v) is 9.70. The van der Waals surface area contributed by atoms with Crippen molar-refractivity contribution in [1.82, 2.24) is 20.3 Å². The number of aryl methyl sites for hydroxylation is 1. The molecule has 0 fully saturated rings. The van der Waals surface area contributed by atoms with Crippen LogP contribution in [0.4, 0.5) is 0 Å². The van der Waals surface area contributed by atoms with Gasteiger partial charge in [0.1, 0.15) is 0 Å². The SMILES string of the molecule is CCNC(c1cnnn1C)C(C)(C)C. The van der Waals surface area contributed by atoms with Crippen molar-refractivity contribution < 1.29 is 0 Å². The van der Waals surface area contributed by atoms with Crippen LogP contribution < -0.4 is 5.32 Å². The normalized spacial score (nSPS) is 14.4. The van der Waals surface area contributed by atoms with E-state index in [0.29, 0.717) is 6.04 Å². The molecule has 1 atom stereocenters. The molecule has 1 rings (SSSR count). The summed E-state index contributed by atoms with van der Waals surface area (Å²) in [7, 11) is 1.93. The van der Waals surface area contributed by atoms with E-state index in [1.807, 2.05) is 17.9 Å². The standard InChI is InChI=1S/C10H20N4/c1-6-11-9(10(2,3)4)8-7-12-13-14(8)5/h7,9,11H,6H2,1-5H3. The molecule has 4 heteroatoms. The van der Waals surface area contributed by atoms with Crippen molar-refractivity contribution in [3.05, 3.63) is 11.9 Å². The smallest absolute Gasteiger partial charge is 0.0758 e. The van der Waals surface area contributed by atoms with Gasteiger partial charge >= 0.3 is 0 Å². The number of aromatic nitrogens is 3. The molecule has 1 aromatic rings. The Kier molecular flexibility index (Phi) is 3.26. The van der Waals surface area contributed by atoms with Crippen LogP contribution in [0.15, 0.2) is 6.20 Å². The van der Waals surface area contributed by atoms with Crippen molar-refractivity contribution in [2.24, 2.45) is 12.5 Å². The van der Waals surface area contributed by atoms with E-state index < -0.39 is 0 Å². The van der Waals surface area contributed by atoms with E-state index >= 15 is 0 Å². The summed E-state index contributed by atoms with van der Waals surface area (Å²) in [5, 5.41) is 11.3. The van der Waals surface area contributed by atoms with Gasteiger partial charge in [0.25, 0.3) is 0 Å².